The van der Waals surface area contributed by atoms with Crippen molar-refractivity contribution in [2.24, 2.45) is 0 Å². The highest BCUT2D eigenvalue weighted by atomic mass is 16.5. The summed E-state index contributed by atoms with van der Waals surface area (Å²) in [6.45, 7) is 4.43. The molecule has 0 saturated heterocycles. The Morgan fingerprint density at radius 3 is 2.54 bits per heavy atom. The van der Waals surface area contributed by atoms with Gasteiger partial charge in [0, 0.05) is 17.7 Å². The minimum absolute atomic E-state index is 0.0135. The molecule has 1 unspecified atom stereocenters. The smallest absolute Gasteiger partial charge is 0.355 e. The molecular weight excluding hydrogens is 354 g/mol. The molecule has 5 heteroatoms. The van der Waals surface area contributed by atoms with Crippen molar-refractivity contribution in [3.8, 4) is 5.75 Å². The minimum atomic E-state index is -0.329. The summed E-state index contributed by atoms with van der Waals surface area (Å²) in [5.74, 6) is 0.701. The van der Waals surface area contributed by atoms with Gasteiger partial charge in [-0.2, -0.15) is 0 Å². The van der Waals surface area contributed by atoms with Crippen LogP contribution in [-0.4, -0.2) is 29.4 Å². The van der Waals surface area contributed by atoms with Crippen LogP contribution in [0.3, 0.4) is 0 Å². The van der Waals surface area contributed by atoms with Crippen LogP contribution < -0.4 is 4.74 Å². The van der Waals surface area contributed by atoms with Crippen molar-refractivity contribution in [2.45, 2.75) is 64.4 Å². The van der Waals surface area contributed by atoms with Gasteiger partial charge in [-0.15, -0.1) is 0 Å². The van der Waals surface area contributed by atoms with Crippen LogP contribution in [0.2, 0.25) is 0 Å². The van der Waals surface area contributed by atoms with E-state index >= 15 is 0 Å². The lowest BCUT2D eigenvalue weighted by molar-refractivity contribution is 0.0310. The second-order valence-corrected chi connectivity index (χ2v) is 7.82. The number of carbonyl (C=O) groups is 2. The molecule has 0 bridgehead atoms. The first-order chi connectivity index (χ1) is 13.6. The molecule has 1 N–H and O–H groups in total. The number of carbonyl (C=O) groups excluding carboxylic acids is 2. The van der Waals surface area contributed by atoms with Crippen molar-refractivity contribution in [3.05, 3.63) is 52.3 Å². The van der Waals surface area contributed by atoms with Gasteiger partial charge in [-0.05, 0) is 75.1 Å². The number of esters is 1. The molecule has 1 fully saturated rings. The van der Waals surface area contributed by atoms with Crippen LogP contribution in [0.1, 0.15) is 82.6 Å². The van der Waals surface area contributed by atoms with E-state index in [2.05, 4.69) is 4.98 Å². The molecule has 1 atom stereocenters. The predicted molar refractivity (Wildman–Crippen MR) is 106 cm³/mol. The lowest BCUT2D eigenvalue weighted by atomic mass is 9.81. The standard InChI is InChI=1S/C23H27NO4/c1-3-27-17-10-8-15(9-11-17)16-12-19-21(20(25)13-16)14(2)22(24-19)23(26)28-18-6-4-5-7-18/h8-11,16,18,24H,3-7,12-13H2,1-2H3. The molecule has 2 aliphatic rings. The van der Waals surface area contributed by atoms with Crippen LogP contribution in [-0.2, 0) is 11.2 Å². The first-order valence-electron chi connectivity index (χ1n) is 10.2. The summed E-state index contributed by atoms with van der Waals surface area (Å²) >= 11 is 0. The molecule has 1 aromatic heterocycles. The number of ether oxygens (including phenoxy) is 2. The summed E-state index contributed by atoms with van der Waals surface area (Å²) in [5, 5.41) is 0. The highest BCUT2D eigenvalue weighted by Crippen LogP contribution is 2.36. The van der Waals surface area contributed by atoms with E-state index in [9.17, 15) is 9.59 Å². The normalized spacial score (nSPS) is 19.5. The number of aromatic amines is 1. The Labute approximate surface area is 165 Å². The number of H-pyrrole nitrogens is 1. The lowest BCUT2D eigenvalue weighted by Gasteiger charge is -2.22. The fraction of sp³-hybridized carbons (Fsp3) is 0.478. The largest absolute Gasteiger partial charge is 0.494 e. The quantitative estimate of drug-likeness (QED) is 0.760. The van der Waals surface area contributed by atoms with Gasteiger partial charge in [-0.25, -0.2) is 4.79 Å². The number of aromatic nitrogens is 1. The average molecular weight is 381 g/mol. The Kier molecular flexibility index (Phi) is 5.25. The number of ketones is 1. The zero-order valence-electron chi connectivity index (χ0n) is 16.5. The summed E-state index contributed by atoms with van der Waals surface area (Å²) in [5.41, 5.74) is 3.82. The average Bonchev–Trinajstić information content (AvgIpc) is 3.30. The van der Waals surface area contributed by atoms with E-state index in [0.717, 1.165) is 48.3 Å². The molecule has 2 aromatic rings. The van der Waals surface area contributed by atoms with E-state index in [-0.39, 0.29) is 23.8 Å². The summed E-state index contributed by atoms with van der Waals surface area (Å²) in [6, 6.07) is 7.95. The third-order valence-electron chi connectivity index (χ3n) is 5.93. The molecule has 0 radical (unpaired) electrons. The van der Waals surface area contributed by atoms with Gasteiger partial charge in [-0.3, -0.25) is 4.79 Å². The van der Waals surface area contributed by atoms with Gasteiger partial charge >= 0.3 is 5.97 Å². The van der Waals surface area contributed by atoms with Crippen molar-refractivity contribution in [1.29, 1.82) is 0 Å². The van der Waals surface area contributed by atoms with Crippen molar-refractivity contribution < 1.29 is 19.1 Å². The van der Waals surface area contributed by atoms with Crippen molar-refractivity contribution in [2.75, 3.05) is 6.61 Å². The van der Waals surface area contributed by atoms with Crippen LogP contribution in [0.15, 0.2) is 24.3 Å². The van der Waals surface area contributed by atoms with Gasteiger partial charge in [0.15, 0.2) is 5.78 Å². The number of hydrogen-bond donors (Lipinski definition) is 1. The van der Waals surface area contributed by atoms with Gasteiger partial charge < -0.3 is 14.5 Å². The SMILES string of the molecule is CCOc1ccc(C2CC(=O)c3c([nH]c(C(=O)OC4CCCC4)c3C)C2)cc1. The Bertz CT molecular complexity index is 875. The number of rotatable bonds is 5. The molecule has 5 nitrogen and oxygen atoms in total. The maximum Gasteiger partial charge on any atom is 0.355 e. The highest BCUT2D eigenvalue weighted by Gasteiger charge is 2.33. The highest BCUT2D eigenvalue weighted by molar-refractivity contribution is 6.03. The number of Topliss-reactive ketones (excluding diaryl/α,β-unsaturated/α-hetero) is 1. The number of fused-ring (bicyclic) bond motifs is 1. The summed E-state index contributed by atoms with van der Waals surface area (Å²) in [6.07, 6.45) is 5.28. The summed E-state index contributed by atoms with van der Waals surface area (Å²) in [4.78, 5) is 28.7. The molecule has 2 aliphatic carbocycles. The Morgan fingerprint density at radius 1 is 1.14 bits per heavy atom. The van der Waals surface area contributed by atoms with E-state index in [1.807, 2.05) is 38.1 Å². The number of hydrogen-bond acceptors (Lipinski definition) is 4. The van der Waals surface area contributed by atoms with Gasteiger partial charge in [-0.1, -0.05) is 12.1 Å². The van der Waals surface area contributed by atoms with Crippen LogP contribution in [0.25, 0.3) is 0 Å². The monoisotopic (exact) mass is 381 g/mol. The lowest BCUT2D eigenvalue weighted by Crippen LogP contribution is -2.18. The van der Waals surface area contributed by atoms with Gasteiger partial charge in [0.05, 0.1) is 6.61 Å². The third kappa shape index (κ3) is 3.58. The van der Waals surface area contributed by atoms with E-state index in [0.29, 0.717) is 30.7 Å². The molecule has 28 heavy (non-hydrogen) atoms. The van der Waals surface area contributed by atoms with Gasteiger partial charge in [0.1, 0.15) is 17.5 Å². The number of nitrogens with one attached hydrogen (secondary N) is 1. The zero-order chi connectivity index (χ0) is 19.7. The van der Waals surface area contributed by atoms with Crippen molar-refractivity contribution >= 4 is 11.8 Å². The Balaban J connectivity index is 1.54. The molecule has 0 spiro atoms. The second kappa shape index (κ2) is 7.82. The maximum absolute atomic E-state index is 12.8. The molecular formula is C23H27NO4. The van der Waals surface area contributed by atoms with Gasteiger partial charge in [0.2, 0.25) is 0 Å². The fourth-order valence-corrected chi connectivity index (χ4v) is 4.49. The van der Waals surface area contributed by atoms with E-state index in [4.69, 9.17) is 9.47 Å². The first-order valence-corrected chi connectivity index (χ1v) is 10.2. The second-order valence-electron chi connectivity index (χ2n) is 7.82. The van der Waals surface area contributed by atoms with Crippen LogP contribution >= 0.6 is 0 Å². The molecule has 0 amide bonds. The van der Waals surface area contributed by atoms with Crippen molar-refractivity contribution in [1.82, 2.24) is 4.98 Å². The number of benzene rings is 1. The Hall–Kier alpha value is -2.56. The van der Waals surface area contributed by atoms with E-state index in [1.54, 1.807) is 0 Å². The van der Waals surface area contributed by atoms with E-state index in [1.165, 1.54) is 0 Å². The van der Waals surface area contributed by atoms with Crippen LogP contribution in [0.4, 0.5) is 0 Å². The molecule has 4 rings (SSSR count). The molecule has 1 saturated carbocycles. The Morgan fingerprint density at radius 2 is 1.86 bits per heavy atom. The molecule has 148 valence electrons. The minimum Gasteiger partial charge on any atom is -0.494 e. The van der Waals surface area contributed by atoms with Crippen LogP contribution in [0.5, 0.6) is 5.75 Å². The molecule has 1 aromatic carbocycles. The molecule has 1 heterocycles. The topological polar surface area (TPSA) is 68.4 Å². The summed E-state index contributed by atoms with van der Waals surface area (Å²) in [7, 11) is 0. The maximum atomic E-state index is 12.8. The van der Waals surface area contributed by atoms with E-state index < -0.39 is 0 Å². The zero-order valence-corrected chi connectivity index (χ0v) is 16.5. The third-order valence-corrected chi connectivity index (χ3v) is 5.93. The summed E-state index contributed by atoms with van der Waals surface area (Å²) < 4.78 is 11.1. The predicted octanol–water partition coefficient (Wildman–Crippen LogP) is 4.73. The molecule has 0 aliphatic heterocycles. The first kappa shape index (κ1) is 18.8. The van der Waals surface area contributed by atoms with Crippen molar-refractivity contribution in [3.63, 3.8) is 0 Å². The van der Waals surface area contributed by atoms with Crippen LogP contribution in [0, 0.1) is 6.92 Å². The fourth-order valence-electron chi connectivity index (χ4n) is 4.49. The van der Waals surface area contributed by atoms with Gasteiger partial charge in [0.25, 0.3) is 0 Å².